The van der Waals surface area contributed by atoms with E-state index in [0.717, 1.165) is 0 Å². The van der Waals surface area contributed by atoms with Gasteiger partial charge in [-0.2, -0.15) is 0 Å². The molecule has 0 aromatic carbocycles. The lowest BCUT2D eigenvalue weighted by atomic mass is 9.78. The van der Waals surface area contributed by atoms with Crippen molar-refractivity contribution in [2.24, 2.45) is 23.7 Å². The number of hydrogen-bond acceptors (Lipinski definition) is 5. The molecular formula is C21H36O5. The maximum atomic E-state index is 12.9. The third-order valence-corrected chi connectivity index (χ3v) is 5.57. The first-order chi connectivity index (χ1) is 12.0. The van der Waals surface area contributed by atoms with E-state index in [1.807, 2.05) is 34.6 Å². The lowest BCUT2D eigenvalue weighted by Crippen LogP contribution is -2.49. The SMILES string of the molecule is CCC(C)C(=O)C1=C(O)[C@](O)([C@H](O)CCC(C)C)C(CCC(C)C)C1=O. The molecular weight excluding hydrogens is 332 g/mol. The highest BCUT2D eigenvalue weighted by Crippen LogP contribution is 2.44. The van der Waals surface area contributed by atoms with Crippen LogP contribution in [0.15, 0.2) is 11.3 Å². The van der Waals surface area contributed by atoms with Crippen LogP contribution in [0.5, 0.6) is 0 Å². The molecule has 0 aromatic rings. The average molecular weight is 369 g/mol. The van der Waals surface area contributed by atoms with Crippen LogP contribution in [-0.2, 0) is 9.59 Å². The van der Waals surface area contributed by atoms with Crippen molar-refractivity contribution in [3.63, 3.8) is 0 Å². The van der Waals surface area contributed by atoms with Crippen LogP contribution >= 0.6 is 0 Å². The third-order valence-electron chi connectivity index (χ3n) is 5.57. The van der Waals surface area contributed by atoms with E-state index in [1.54, 1.807) is 6.92 Å². The third kappa shape index (κ3) is 4.55. The molecule has 5 nitrogen and oxygen atoms in total. The Labute approximate surface area is 157 Å². The van der Waals surface area contributed by atoms with E-state index >= 15 is 0 Å². The van der Waals surface area contributed by atoms with Crippen molar-refractivity contribution in [2.75, 3.05) is 0 Å². The zero-order chi connectivity index (χ0) is 20.2. The monoisotopic (exact) mass is 368 g/mol. The van der Waals surface area contributed by atoms with E-state index in [4.69, 9.17) is 0 Å². The molecule has 0 radical (unpaired) electrons. The molecule has 0 spiro atoms. The summed E-state index contributed by atoms with van der Waals surface area (Å²) in [6, 6.07) is 0. The number of carbonyl (C=O) groups excluding carboxylic acids is 2. The second-order valence-electron chi connectivity index (χ2n) is 8.60. The highest BCUT2D eigenvalue weighted by atomic mass is 16.4. The molecule has 1 aliphatic rings. The summed E-state index contributed by atoms with van der Waals surface area (Å²) in [4.78, 5) is 25.6. The second-order valence-corrected chi connectivity index (χ2v) is 8.60. The summed E-state index contributed by atoms with van der Waals surface area (Å²) in [6.45, 7) is 11.5. The summed E-state index contributed by atoms with van der Waals surface area (Å²) < 4.78 is 0. The average Bonchev–Trinajstić information content (AvgIpc) is 2.76. The molecule has 0 aliphatic heterocycles. The van der Waals surface area contributed by atoms with Gasteiger partial charge in [-0.3, -0.25) is 9.59 Å². The fourth-order valence-corrected chi connectivity index (χ4v) is 3.48. The van der Waals surface area contributed by atoms with Crippen molar-refractivity contribution < 1.29 is 24.9 Å². The Morgan fingerprint density at radius 1 is 1.08 bits per heavy atom. The number of aliphatic hydroxyl groups is 3. The smallest absolute Gasteiger partial charge is 0.176 e. The van der Waals surface area contributed by atoms with E-state index in [-0.39, 0.29) is 12.0 Å². The van der Waals surface area contributed by atoms with Crippen molar-refractivity contribution in [1.29, 1.82) is 0 Å². The van der Waals surface area contributed by atoms with Crippen molar-refractivity contribution in [3.8, 4) is 0 Å². The van der Waals surface area contributed by atoms with Crippen LogP contribution < -0.4 is 0 Å². The summed E-state index contributed by atoms with van der Waals surface area (Å²) in [5.41, 5.74) is -2.38. The first kappa shape index (κ1) is 22.8. The molecule has 0 aromatic heterocycles. The van der Waals surface area contributed by atoms with Crippen LogP contribution in [0.4, 0.5) is 0 Å². The minimum absolute atomic E-state index is 0.258. The van der Waals surface area contributed by atoms with Crippen molar-refractivity contribution >= 4 is 11.6 Å². The van der Waals surface area contributed by atoms with Crippen LogP contribution in [-0.4, -0.2) is 38.6 Å². The minimum Gasteiger partial charge on any atom is -0.508 e. The van der Waals surface area contributed by atoms with E-state index in [0.29, 0.717) is 37.5 Å². The highest BCUT2D eigenvalue weighted by Gasteiger charge is 2.58. The summed E-state index contributed by atoms with van der Waals surface area (Å²) in [5, 5.41) is 32.6. The molecule has 0 fully saturated rings. The van der Waals surface area contributed by atoms with Crippen LogP contribution in [0.2, 0.25) is 0 Å². The van der Waals surface area contributed by atoms with Gasteiger partial charge in [0.2, 0.25) is 0 Å². The van der Waals surface area contributed by atoms with Gasteiger partial charge in [-0.15, -0.1) is 0 Å². The Balaban J connectivity index is 3.29. The van der Waals surface area contributed by atoms with Gasteiger partial charge in [-0.05, 0) is 37.5 Å². The Kier molecular flexibility index (Phi) is 8.03. The van der Waals surface area contributed by atoms with Crippen LogP contribution in [0.3, 0.4) is 0 Å². The number of hydrogen-bond donors (Lipinski definition) is 3. The maximum absolute atomic E-state index is 12.9. The first-order valence-corrected chi connectivity index (χ1v) is 9.90. The van der Waals surface area contributed by atoms with Crippen LogP contribution in [0.1, 0.15) is 73.6 Å². The van der Waals surface area contributed by atoms with E-state index in [9.17, 15) is 24.9 Å². The molecule has 3 N–H and O–H groups in total. The fourth-order valence-electron chi connectivity index (χ4n) is 3.48. The summed E-state index contributed by atoms with van der Waals surface area (Å²) >= 11 is 0. The van der Waals surface area contributed by atoms with Gasteiger partial charge in [0.15, 0.2) is 17.2 Å². The van der Waals surface area contributed by atoms with E-state index in [2.05, 4.69) is 0 Å². The normalized spacial score (nSPS) is 26.1. The molecule has 4 atom stereocenters. The zero-order valence-electron chi connectivity index (χ0n) is 17.1. The standard InChI is InChI=1S/C21H36O5/c1-7-14(6)18(23)17-19(24)15(10-8-12(2)3)21(26,20(17)25)16(22)11-9-13(4)5/h12-16,22,25-26H,7-11H2,1-6H3/t14?,15?,16-,21-/m1/s1. The van der Waals surface area contributed by atoms with Gasteiger partial charge in [0, 0.05) is 5.92 Å². The first-order valence-electron chi connectivity index (χ1n) is 9.90. The number of aliphatic hydroxyl groups excluding tert-OH is 2. The molecule has 0 bridgehead atoms. The van der Waals surface area contributed by atoms with Gasteiger partial charge in [0.1, 0.15) is 11.3 Å². The molecule has 150 valence electrons. The summed E-state index contributed by atoms with van der Waals surface area (Å²) in [7, 11) is 0. The van der Waals surface area contributed by atoms with Gasteiger partial charge in [-0.25, -0.2) is 0 Å². The quantitative estimate of drug-likeness (QED) is 0.512. The number of Topliss-reactive ketones (excluding diaryl/α,β-unsaturated/α-hetero) is 2. The molecule has 0 saturated heterocycles. The van der Waals surface area contributed by atoms with Gasteiger partial charge in [0.25, 0.3) is 0 Å². The van der Waals surface area contributed by atoms with Crippen LogP contribution in [0.25, 0.3) is 0 Å². The lowest BCUT2D eigenvalue weighted by Gasteiger charge is -2.34. The molecule has 5 heteroatoms. The lowest BCUT2D eigenvalue weighted by molar-refractivity contribution is -0.137. The van der Waals surface area contributed by atoms with Gasteiger partial charge in [0.05, 0.1) is 12.0 Å². The largest absolute Gasteiger partial charge is 0.508 e. The number of carbonyl (C=O) groups is 2. The topological polar surface area (TPSA) is 94.8 Å². The molecule has 2 unspecified atom stereocenters. The number of allylic oxidation sites excluding steroid dienone is 1. The minimum atomic E-state index is -2.07. The van der Waals surface area contributed by atoms with Crippen molar-refractivity contribution in [1.82, 2.24) is 0 Å². The molecule has 0 heterocycles. The predicted octanol–water partition coefficient (Wildman–Crippen LogP) is 3.58. The molecule has 1 aliphatic carbocycles. The van der Waals surface area contributed by atoms with Crippen LogP contribution in [0, 0.1) is 23.7 Å². The Hall–Kier alpha value is -1.20. The van der Waals surface area contributed by atoms with Crippen molar-refractivity contribution in [3.05, 3.63) is 11.3 Å². The Bertz CT molecular complexity index is 549. The van der Waals surface area contributed by atoms with E-state index in [1.165, 1.54) is 0 Å². The second kappa shape index (κ2) is 9.14. The maximum Gasteiger partial charge on any atom is 0.176 e. The Morgan fingerprint density at radius 2 is 1.62 bits per heavy atom. The molecule has 26 heavy (non-hydrogen) atoms. The number of rotatable bonds is 10. The Morgan fingerprint density at radius 3 is 2.08 bits per heavy atom. The van der Waals surface area contributed by atoms with Gasteiger partial charge in [-0.1, -0.05) is 48.0 Å². The zero-order valence-corrected chi connectivity index (χ0v) is 17.1. The van der Waals surface area contributed by atoms with Gasteiger partial charge >= 0.3 is 0 Å². The summed E-state index contributed by atoms with van der Waals surface area (Å²) in [6.07, 6.45) is 1.15. The molecule has 0 amide bonds. The molecule has 0 saturated carbocycles. The molecule has 1 rings (SSSR count). The predicted molar refractivity (Wildman–Crippen MR) is 102 cm³/mol. The summed E-state index contributed by atoms with van der Waals surface area (Å²) in [5.74, 6) is -2.39. The van der Waals surface area contributed by atoms with Gasteiger partial charge < -0.3 is 15.3 Å². The number of ketones is 2. The fraction of sp³-hybridized carbons (Fsp3) is 0.810. The van der Waals surface area contributed by atoms with Crippen molar-refractivity contribution in [2.45, 2.75) is 85.4 Å². The van der Waals surface area contributed by atoms with E-state index < -0.39 is 40.9 Å². The highest BCUT2D eigenvalue weighted by molar-refractivity contribution is 6.24.